The number of carbonyl (C=O) groups excluding carboxylic acids is 3. The number of Topliss-reactive ketones (excluding diaryl/α,β-unsaturated/α-hetero) is 1. The zero-order chi connectivity index (χ0) is 24.3. The number of rotatable bonds is 7. The molecule has 0 aliphatic carbocycles. The summed E-state index contributed by atoms with van der Waals surface area (Å²) in [6.07, 6.45) is 3.37. The molecule has 33 heavy (non-hydrogen) atoms. The van der Waals surface area contributed by atoms with Crippen LogP contribution in [0.4, 0.5) is 5.69 Å². The number of nitrogens with one attached hydrogen (secondary N) is 1. The molecule has 1 saturated heterocycles. The maximum Gasteiger partial charge on any atom is 0.279 e. The molecule has 2 unspecified atom stereocenters. The van der Waals surface area contributed by atoms with E-state index in [0.29, 0.717) is 28.2 Å². The Morgan fingerprint density at radius 1 is 1.12 bits per heavy atom. The summed E-state index contributed by atoms with van der Waals surface area (Å²) >= 11 is 0. The van der Waals surface area contributed by atoms with Gasteiger partial charge >= 0.3 is 0 Å². The molecule has 1 aliphatic heterocycles. The fourth-order valence-electron chi connectivity index (χ4n) is 4.66. The predicted molar refractivity (Wildman–Crippen MR) is 132 cm³/mol. The zero-order valence-corrected chi connectivity index (χ0v) is 20.1. The van der Waals surface area contributed by atoms with Gasteiger partial charge in [-0.15, -0.1) is 0 Å². The lowest BCUT2D eigenvalue weighted by Crippen LogP contribution is -2.58. The molecule has 0 spiro atoms. The van der Waals surface area contributed by atoms with E-state index in [9.17, 15) is 14.4 Å². The Hall–Kier alpha value is -3.05. The predicted octanol–water partition coefficient (Wildman–Crippen LogP) is 4.02. The lowest BCUT2D eigenvalue weighted by molar-refractivity contribution is -0.918. The molecule has 1 heterocycles. The Bertz CT molecular complexity index is 983. The number of benzene rings is 2. The normalized spacial score (nSPS) is 19.5. The van der Waals surface area contributed by atoms with E-state index in [4.69, 9.17) is 0 Å². The van der Waals surface area contributed by atoms with Crippen molar-refractivity contribution in [2.75, 3.05) is 45.7 Å². The van der Waals surface area contributed by atoms with E-state index in [0.717, 1.165) is 31.5 Å². The number of hydrogen-bond acceptors (Lipinski definition) is 4. The van der Waals surface area contributed by atoms with Crippen LogP contribution in [0.15, 0.2) is 48.5 Å². The number of likely N-dealkylation sites (tertiary alicyclic amines) is 1. The van der Waals surface area contributed by atoms with Crippen LogP contribution in [0, 0.1) is 6.92 Å². The standard InChI is InChI=1S/C25H28N2O3.C2H6O/c1-19-8-6-11-22(13-15-28)25(19)26-24(30)18-27(16-20(2)29)14-7-12-23(17-27)21-9-4-3-5-10-21;1-3-2/h3-6,8-11,13,23H,7,12,14,16-18H2,1-2H3;1-2H3/p+1. The molecule has 3 rings (SSSR count). The fraction of sp³-hybridized carbons (Fsp3) is 0.407. The Morgan fingerprint density at radius 2 is 1.82 bits per heavy atom. The number of methoxy groups -OCH3 is 1. The highest BCUT2D eigenvalue weighted by Gasteiger charge is 2.38. The minimum Gasteiger partial charge on any atom is -0.388 e. The summed E-state index contributed by atoms with van der Waals surface area (Å²) < 4.78 is 4.71. The van der Waals surface area contributed by atoms with Gasteiger partial charge in [-0.1, -0.05) is 48.5 Å². The third kappa shape index (κ3) is 7.79. The summed E-state index contributed by atoms with van der Waals surface area (Å²) in [6, 6.07) is 15.8. The Morgan fingerprint density at radius 3 is 2.45 bits per heavy atom. The number of ether oxygens (including phenoxy) is 1. The van der Waals surface area contributed by atoms with Crippen LogP contribution >= 0.6 is 0 Å². The summed E-state index contributed by atoms with van der Waals surface area (Å²) in [7, 11) is 3.25. The molecular weight excluding hydrogens is 416 g/mol. The van der Waals surface area contributed by atoms with Gasteiger partial charge in [-0.25, -0.2) is 4.79 Å². The van der Waals surface area contributed by atoms with Crippen molar-refractivity contribution in [3.05, 3.63) is 65.2 Å². The summed E-state index contributed by atoms with van der Waals surface area (Å²) in [5, 5.41) is 2.99. The molecule has 1 amide bonds. The molecule has 0 saturated carbocycles. The van der Waals surface area contributed by atoms with Crippen LogP contribution in [0.3, 0.4) is 0 Å². The number of ketones is 1. The van der Waals surface area contributed by atoms with Gasteiger partial charge < -0.3 is 14.5 Å². The monoisotopic (exact) mass is 451 g/mol. The van der Waals surface area contributed by atoms with Crippen LogP contribution in [0.2, 0.25) is 0 Å². The molecule has 1 aliphatic rings. The van der Waals surface area contributed by atoms with E-state index in [1.807, 2.05) is 37.3 Å². The summed E-state index contributed by atoms with van der Waals surface area (Å²) in [6.45, 7) is 5.66. The second-order valence-electron chi connectivity index (χ2n) is 8.77. The van der Waals surface area contributed by atoms with Crippen molar-refractivity contribution in [3.8, 4) is 0 Å². The summed E-state index contributed by atoms with van der Waals surface area (Å²) in [4.78, 5) is 36.0. The Kier molecular flexibility index (Phi) is 10.2. The van der Waals surface area contributed by atoms with E-state index >= 15 is 0 Å². The second-order valence-corrected chi connectivity index (χ2v) is 8.77. The van der Waals surface area contributed by atoms with E-state index < -0.39 is 0 Å². The average Bonchev–Trinajstić information content (AvgIpc) is 2.77. The first-order valence-electron chi connectivity index (χ1n) is 11.2. The maximum absolute atomic E-state index is 13.1. The Labute approximate surface area is 196 Å². The van der Waals surface area contributed by atoms with Crippen LogP contribution in [0.5, 0.6) is 0 Å². The smallest absolute Gasteiger partial charge is 0.279 e. The molecule has 0 bridgehead atoms. The maximum atomic E-state index is 13.1. The molecular formula is C27H35N2O4+. The molecule has 0 radical (unpaired) electrons. The number of piperidine rings is 1. The van der Waals surface area contributed by atoms with Crippen molar-refractivity contribution in [3.63, 3.8) is 0 Å². The van der Waals surface area contributed by atoms with Crippen molar-refractivity contribution in [1.82, 2.24) is 0 Å². The van der Waals surface area contributed by atoms with Gasteiger partial charge in [-0.3, -0.25) is 9.59 Å². The van der Waals surface area contributed by atoms with Crippen molar-refractivity contribution in [1.29, 1.82) is 0 Å². The van der Waals surface area contributed by atoms with Crippen molar-refractivity contribution < 1.29 is 23.6 Å². The number of aryl methyl sites for hydroxylation is 1. The van der Waals surface area contributed by atoms with E-state index in [1.54, 1.807) is 33.2 Å². The van der Waals surface area contributed by atoms with Crippen molar-refractivity contribution in [2.24, 2.45) is 0 Å². The van der Waals surface area contributed by atoms with Gasteiger partial charge in [-0.2, -0.15) is 0 Å². The number of amides is 1. The third-order valence-electron chi connectivity index (χ3n) is 5.88. The first-order valence-corrected chi connectivity index (χ1v) is 11.2. The fourth-order valence-corrected chi connectivity index (χ4v) is 4.66. The summed E-state index contributed by atoms with van der Waals surface area (Å²) in [5.74, 6) is 2.08. The molecule has 6 heteroatoms. The van der Waals surface area contributed by atoms with Crippen LogP contribution in [-0.2, 0) is 19.1 Å². The number of nitrogens with zero attached hydrogens (tertiary/aromatic N) is 1. The first kappa shape index (κ1) is 26.2. The van der Waals surface area contributed by atoms with Gasteiger partial charge in [0.1, 0.15) is 12.5 Å². The Balaban J connectivity index is 0.00000122. The van der Waals surface area contributed by atoms with Crippen molar-refractivity contribution in [2.45, 2.75) is 32.6 Å². The van der Waals surface area contributed by atoms with E-state index in [-0.39, 0.29) is 18.2 Å². The first-order chi connectivity index (χ1) is 15.8. The highest BCUT2D eigenvalue weighted by Crippen LogP contribution is 2.31. The average molecular weight is 452 g/mol. The number of anilines is 1. The minimum atomic E-state index is -0.139. The highest BCUT2D eigenvalue weighted by molar-refractivity contribution is 5.96. The van der Waals surface area contributed by atoms with Crippen LogP contribution in [0.1, 0.15) is 42.4 Å². The molecule has 1 N–H and O–H groups in total. The van der Waals surface area contributed by atoms with Gasteiger partial charge in [0.05, 0.1) is 18.8 Å². The van der Waals surface area contributed by atoms with Crippen LogP contribution in [0.25, 0.3) is 6.08 Å². The van der Waals surface area contributed by atoms with Gasteiger partial charge in [-0.05, 0) is 30.9 Å². The van der Waals surface area contributed by atoms with Crippen LogP contribution in [-0.4, -0.2) is 62.5 Å². The molecule has 2 atom stereocenters. The van der Waals surface area contributed by atoms with Gasteiger partial charge in [0.25, 0.3) is 5.91 Å². The number of carbonyl (C=O) groups is 2. The van der Waals surface area contributed by atoms with E-state index in [1.165, 1.54) is 11.6 Å². The molecule has 1 fully saturated rings. The summed E-state index contributed by atoms with van der Waals surface area (Å²) in [5.41, 5.74) is 3.41. The molecule has 0 aromatic heterocycles. The molecule has 2 aromatic rings. The molecule has 176 valence electrons. The SMILES string of the molecule is CC(=O)C[N+]1(CC(=O)Nc2c(C)cccc2C=C=O)CCCC(c2ccccc2)C1.COC. The zero-order valence-electron chi connectivity index (χ0n) is 20.1. The van der Waals surface area contributed by atoms with Gasteiger partial charge in [0, 0.05) is 38.7 Å². The lowest BCUT2D eigenvalue weighted by Gasteiger charge is -2.43. The van der Waals surface area contributed by atoms with Crippen LogP contribution < -0.4 is 5.32 Å². The van der Waals surface area contributed by atoms with Gasteiger partial charge in [0.2, 0.25) is 0 Å². The molecule has 2 aromatic carbocycles. The third-order valence-corrected chi connectivity index (χ3v) is 5.88. The topological polar surface area (TPSA) is 72.5 Å². The largest absolute Gasteiger partial charge is 0.388 e. The highest BCUT2D eigenvalue weighted by atomic mass is 16.4. The number of para-hydroxylation sites is 1. The quantitative estimate of drug-likeness (QED) is 0.510. The lowest BCUT2D eigenvalue weighted by atomic mass is 9.88. The minimum absolute atomic E-state index is 0.0944. The van der Waals surface area contributed by atoms with Crippen molar-refractivity contribution >= 4 is 29.4 Å². The number of hydrogen-bond donors (Lipinski definition) is 1. The molecule has 6 nitrogen and oxygen atoms in total. The van der Waals surface area contributed by atoms with E-state index in [2.05, 4.69) is 22.2 Å². The van der Waals surface area contributed by atoms with Gasteiger partial charge in [0.15, 0.2) is 12.3 Å². The second kappa shape index (κ2) is 12.9. The number of quaternary nitrogens is 1.